The maximum absolute atomic E-state index is 12.6. The maximum atomic E-state index is 12.6. The Morgan fingerprint density at radius 1 is 1.13 bits per heavy atom. The number of nitrogens with one attached hydrogen (secondary N) is 1. The van der Waals surface area contributed by atoms with Gasteiger partial charge in [0.1, 0.15) is 11.1 Å². The Kier molecular flexibility index (Phi) is 6.93. The van der Waals surface area contributed by atoms with E-state index in [4.69, 9.17) is 11.6 Å². The Labute approximate surface area is 187 Å². The molecule has 2 aliphatic rings. The monoisotopic (exact) mass is 442 g/mol. The first-order valence-electron chi connectivity index (χ1n) is 10.7. The maximum Gasteiger partial charge on any atom is 0.226 e. The fourth-order valence-electron chi connectivity index (χ4n) is 4.32. The fraction of sp³-hybridized carbons (Fsp3) is 0.478. The van der Waals surface area contributed by atoms with Crippen LogP contribution in [0.1, 0.15) is 41.7 Å². The van der Waals surface area contributed by atoms with Crippen LogP contribution >= 0.6 is 22.9 Å². The van der Waals surface area contributed by atoms with Crippen LogP contribution in [-0.2, 0) is 17.6 Å². The smallest absolute Gasteiger partial charge is 0.226 e. The molecular formula is C23H27ClN4OS. The van der Waals surface area contributed by atoms with E-state index in [2.05, 4.69) is 27.3 Å². The summed E-state index contributed by atoms with van der Waals surface area (Å²) in [7, 11) is 0. The minimum atomic E-state index is -0.00329. The van der Waals surface area contributed by atoms with Crippen molar-refractivity contribution >= 4 is 39.5 Å². The third kappa shape index (κ3) is 4.80. The van der Waals surface area contributed by atoms with E-state index in [0.29, 0.717) is 12.0 Å². The quantitative estimate of drug-likeness (QED) is 0.682. The number of fused-ring (bicyclic) bond motifs is 1. The summed E-state index contributed by atoms with van der Waals surface area (Å²) in [6.45, 7) is 4.36. The van der Waals surface area contributed by atoms with E-state index in [9.17, 15) is 10.1 Å². The second-order valence-corrected chi connectivity index (χ2v) is 9.47. The zero-order chi connectivity index (χ0) is 20.9. The first kappa shape index (κ1) is 21.2. The highest BCUT2D eigenvalue weighted by atomic mass is 35.5. The molecular weight excluding hydrogens is 416 g/mol. The Balaban J connectivity index is 1.28. The van der Waals surface area contributed by atoms with Gasteiger partial charge in [0.25, 0.3) is 0 Å². The number of anilines is 2. The standard InChI is InChI=1S/C23H27ClN4OS/c24-19-7-4-5-8-20(19)28-14-12-27(13-15-28)11-10-22(29)26-23-18(16-25)17-6-2-1-3-9-21(17)30-23/h4-5,7-8H,1-3,6,9-15H2,(H,26,29). The van der Waals surface area contributed by atoms with Gasteiger partial charge in [0.15, 0.2) is 0 Å². The molecule has 1 fully saturated rings. The molecule has 2 aromatic rings. The number of hydrogen-bond donors (Lipinski definition) is 1. The van der Waals surface area contributed by atoms with Gasteiger partial charge >= 0.3 is 0 Å². The molecule has 1 amide bonds. The topological polar surface area (TPSA) is 59.4 Å². The SMILES string of the molecule is N#Cc1c(NC(=O)CCN2CCN(c3ccccc3Cl)CC2)sc2c1CCCCC2. The summed E-state index contributed by atoms with van der Waals surface area (Å²) >= 11 is 7.92. The zero-order valence-electron chi connectivity index (χ0n) is 17.1. The molecule has 1 aromatic heterocycles. The molecule has 1 aliphatic heterocycles. The predicted molar refractivity (Wildman–Crippen MR) is 124 cm³/mol. The highest BCUT2D eigenvalue weighted by Crippen LogP contribution is 2.37. The van der Waals surface area contributed by atoms with E-state index in [1.54, 1.807) is 11.3 Å². The highest BCUT2D eigenvalue weighted by molar-refractivity contribution is 7.16. The van der Waals surface area contributed by atoms with Crippen molar-refractivity contribution in [3.63, 3.8) is 0 Å². The van der Waals surface area contributed by atoms with Crippen LogP contribution in [0.25, 0.3) is 0 Å². The van der Waals surface area contributed by atoms with Crippen molar-refractivity contribution in [3.8, 4) is 6.07 Å². The van der Waals surface area contributed by atoms with Gasteiger partial charge in [-0.05, 0) is 43.4 Å². The number of nitrogens with zero attached hydrogens (tertiary/aromatic N) is 3. The Morgan fingerprint density at radius 2 is 1.90 bits per heavy atom. The molecule has 0 radical (unpaired) electrons. The van der Waals surface area contributed by atoms with Crippen LogP contribution < -0.4 is 10.2 Å². The lowest BCUT2D eigenvalue weighted by Crippen LogP contribution is -2.47. The molecule has 30 heavy (non-hydrogen) atoms. The lowest BCUT2D eigenvalue weighted by atomic mass is 10.1. The van der Waals surface area contributed by atoms with Crippen LogP contribution in [-0.4, -0.2) is 43.5 Å². The number of piperazine rings is 1. The Morgan fingerprint density at radius 3 is 2.67 bits per heavy atom. The summed E-state index contributed by atoms with van der Waals surface area (Å²) in [6, 6.07) is 10.3. The summed E-state index contributed by atoms with van der Waals surface area (Å²) in [5.41, 5.74) is 2.95. The molecule has 1 aromatic carbocycles. The largest absolute Gasteiger partial charge is 0.368 e. The van der Waals surface area contributed by atoms with Gasteiger partial charge < -0.3 is 10.2 Å². The molecule has 5 nitrogen and oxygen atoms in total. The van der Waals surface area contributed by atoms with Gasteiger partial charge in [0, 0.05) is 44.0 Å². The van der Waals surface area contributed by atoms with Crippen molar-refractivity contribution in [2.45, 2.75) is 38.5 Å². The molecule has 2 heterocycles. The third-order valence-corrected chi connectivity index (χ3v) is 7.53. The normalized spacial score (nSPS) is 17.1. The second-order valence-electron chi connectivity index (χ2n) is 7.96. The summed E-state index contributed by atoms with van der Waals surface area (Å²) in [4.78, 5) is 18.5. The average molecular weight is 443 g/mol. The molecule has 0 bridgehead atoms. The van der Waals surface area contributed by atoms with Crippen molar-refractivity contribution in [3.05, 3.63) is 45.3 Å². The minimum Gasteiger partial charge on any atom is -0.368 e. The summed E-state index contributed by atoms with van der Waals surface area (Å²) in [5, 5.41) is 14.2. The van der Waals surface area contributed by atoms with Crippen LogP contribution in [0.5, 0.6) is 0 Å². The molecule has 1 saturated heterocycles. The van der Waals surface area contributed by atoms with Crippen LogP contribution in [0.3, 0.4) is 0 Å². The van der Waals surface area contributed by atoms with E-state index in [-0.39, 0.29) is 5.91 Å². The van der Waals surface area contributed by atoms with Gasteiger partial charge in [-0.1, -0.05) is 30.2 Å². The summed E-state index contributed by atoms with van der Waals surface area (Å²) in [6.07, 6.45) is 5.95. The number of nitriles is 1. The van der Waals surface area contributed by atoms with Crippen LogP contribution in [0.2, 0.25) is 5.02 Å². The van der Waals surface area contributed by atoms with Gasteiger partial charge in [-0.15, -0.1) is 11.3 Å². The average Bonchev–Trinajstić information content (AvgIpc) is 2.92. The Hall–Kier alpha value is -2.07. The van der Waals surface area contributed by atoms with E-state index < -0.39 is 0 Å². The molecule has 0 saturated carbocycles. The minimum absolute atomic E-state index is 0.00329. The number of benzene rings is 1. The zero-order valence-corrected chi connectivity index (χ0v) is 18.7. The van der Waals surface area contributed by atoms with Gasteiger partial charge in [-0.3, -0.25) is 9.69 Å². The lowest BCUT2D eigenvalue weighted by molar-refractivity contribution is -0.116. The molecule has 1 aliphatic carbocycles. The van der Waals surface area contributed by atoms with Gasteiger partial charge in [-0.25, -0.2) is 0 Å². The molecule has 0 unspecified atom stereocenters. The van der Waals surface area contributed by atoms with Crippen LogP contribution in [0.15, 0.2) is 24.3 Å². The number of halogens is 1. The van der Waals surface area contributed by atoms with Crippen molar-refractivity contribution < 1.29 is 4.79 Å². The third-order valence-electron chi connectivity index (χ3n) is 6.01. The molecule has 1 N–H and O–H groups in total. The summed E-state index contributed by atoms with van der Waals surface area (Å²) in [5.74, 6) is -0.00329. The van der Waals surface area contributed by atoms with Gasteiger partial charge in [0.05, 0.1) is 16.3 Å². The fourth-order valence-corrected chi connectivity index (χ4v) is 5.83. The van der Waals surface area contributed by atoms with E-state index in [1.165, 1.54) is 23.3 Å². The van der Waals surface area contributed by atoms with Crippen molar-refractivity contribution in [2.24, 2.45) is 0 Å². The number of carbonyl (C=O) groups is 1. The first-order chi connectivity index (χ1) is 14.7. The van der Waals surface area contributed by atoms with E-state index in [1.807, 2.05) is 18.2 Å². The first-order valence-corrected chi connectivity index (χ1v) is 11.9. The van der Waals surface area contributed by atoms with Crippen molar-refractivity contribution in [1.29, 1.82) is 5.26 Å². The molecule has 7 heteroatoms. The lowest BCUT2D eigenvalue weighted by Gasteiger charge is -2.36. The van der Waals surface area contributed by atoms with Crippen molar-refractivity contribution in [2.75, 3.05) is 42.9 Å². The number of thiophene rings is 1. The van der Waals surface area contributed by atoms with Crippen molar-refractivity contribution in [1.82, 2.24) is 4.90 Å². The number of amides is 1. The molecule has 0 spiro atoms. The number of rotatable bonds is 5. The van der Waals surface area contributed by atoms with Crippen LogP contribution in [0, 0.1) is 11.3 Å². The molecule has 4 rings (SSSR count). The second kappa shape index (κ2) is 9.82. The molecule has 0 atom stereocenters. The van der Waals surface area contributed by atoms with E-state index in [0.717, 1.165) is 67.7 Å². The van der Waals surface area contributed by atoms with Gasteiger partial charge in [-0.2, -0.15) is 5.26 Å². The number of para-hydroxylation sites is 1. The predicted octanol–water partition coefficient (Wildman–Crippen LogP) is 4.69. The van der Waals surface area contributed by atoms with E-state index >= 15 is 0 Å². The molecule has 158 valence electrons. The summed E-state index contributed by atoms with van der Waals surface area (Å²) < 4.78 is 0. The number of carbonyl (C=O) groups excluding carboxylic acids is 1. The Bertz CT molecular complexity index is 943. The number of hydrogen-bond acceptors (Lipinski definition) is 5. The number of aryl methyl sites for hydroxylation is 1. The van der Waals surface area contributed by atoms with Crippen LogP contribution in [0.4, 0.5) is 10.7 Å². The highest BCUT2D eigenvalue weighted by Gasteiger charge is 2.22. The van der Waals surface area contributed by atoms with Gasteiger partial charge in [0.2, 0.25) is 5.91 Å².